The van der Waals surface area contributed by atoms with E-state index in [0.717, 1.165) is 0 Å². The molecule has 0 saturated carbocycles. The number of benzene rings is 1. The maximum atomic E-state index is 11.4. The van der Waals surface area contributed by atoms with Crippen LogP contribution in [0.25, 0.3) is 0 Å². The predicted molar refractivity (Wildman–Crippen MR) is 90.1 cm³/mol. The van der Waals surface area contributed by atoms with E-state index in [-0.39, 0.29) is 23.9 Å². The van der Waals surface area contributed by atoms with Crippen molar-refractivity contribution in [3.63, 3.8) is 0 Å². The number of anilines is 1. The third kappa shape index (κ3) is 4.70. The van der Waals surface area contributed by atoms with E-state index in [1.165, 1.54) is 13.8 Å². The van der Waals surface area contributed by atoms with E-state index < -0.39 is 0 Å². The van der Waals surface area contributed by atoms with Gasteiger partial charge in [0.1, 0.15) is 22.9 Å². The van der Waals surface area contributed by atoms with Crippen LogP contribution in [0, 0.1) is 0 Å². The van der Waals surface area contributed by atoms with Gasteiger partial charge in [-0.25, -0.2) is 4.98 Å². The van der Waals surface area contributed by atoms with Crippen molar-refractivity contribution in [3.8, 4) is 5.75 Å². The van der Waals surface area contributed by atoms with Gasteiger partial charge in [0, 0.05) is 13.3 Å². The van der Waals surface area contributed by atoms with E-state index in [2.05, 4.69) is 20.5 Å². The van der Waals surface area contributed by atoms with Gasteiger partial charge < -0.3 is 10.1 Å². The number of ketones is 1. The molecule has 7 nitrogen and oxygen atoms in total. The lowest BCUT2D eigenvalue weighted by Gasteiger charge is -2.07. The number of carbonyl (C=O) groups is 2. The summed E-state index contributed by atoms with van der Waals surface area (Å²) >= 11 is 0. The third-order valence-corrected chi connectivity index (χ3v) is 3.01. The molecule has 0 aliphatic rings. The molecule has 0 aliphatic carbocycles. The highest BCUT2D eigenvalue weighted by molar-refractivity contribution is 5.90. The summed E-state index contributed by atoms with van der Waals surface area (Å²) in [5.74, 6) is 0.555. The highest BCUT2D eigenvalue weighted by Crippen LogP contribution is 2.30. The van der Waals surface area contributed by atoms with Crippen LogP contribution < -0.4 is 10.1 Å². The van der Waals surface area contributed by atoms with Crippen molar-refractivity contribution in [2.45, 2.75) is 20.3 Å². The van der Waals surface area contributed by atoms with Gasteiger partial charge in [-0.3, -0.25) is 9.59 Å². The van der Waals surface area contributed by atoms with Crippen LogP contribution >= 0.6 is 0 Å². The van der Waals surface area contributed by atoms with Crippen molar-refractivity contribution in [1.29, 1.82) is 0 Å². The van der Waals surface area contributed by atoms with Gasteiger partial charge in [0.25, 0.3) is 0 Å². The standard InChI is InChI=1S/C17H18N4O3/c1-11(22)10-13-8-9-15(17(19-13)18-12(2)23)21-20-14-6-4-5-7-16(14)24-3/h4-9H,10H2,1-3H3,(H,18,19,23). The highest BCUT2D eigenvalue weighted by atomic mass is 16.5. The van der Waals surface area contributed by atoms with E-state index in [4.69, 9.17) is 4.74 Å². The van der Waals surface area contributed by atoms with Gasteiger partial charge in [-0.15, -0.1) is 10.2 Å². The second-order valence-corrected chi connectivity index (χ2v) is 5.10. The topological polar surface area (TPSA) is 93.0 Å². The molecule has 2 rings (SSSR count). The molecular formula is C17H18N4O3. The molecule has 124 valence electrons. The summed E-state index contributed by atoms with van der Waals surface area (Å²) in [6.07, 6.45) is 0.191. The van der Waals surface area contributed by atoms with Crippen LogP contribution in [-0.4, -0.2) is 23.8 Å². The molecule has 0 fully saturated rings. The smallest absolute Gasteiger partial charge is 0.222 e. The Hall–Kier alpha value is -3.09. The quantitative estimate of drug-likeness (QED) is 0.821. The van der Waals surface area contributed by atoms with Gasteiger partial charge in [0.05, 0.1) is 12.8 Å². The van der Waals surface area contributed by atoms with E-state index in [1.54, 1.807) is 31.4 Å². The van der Waals surface area contributed by atoms with Gasteiger partial charge in [-0.2, -0.15) is 0 Å². The number of azo groups is 1. The first kappa shape index (κ1) is 17.3. The molecule has 1 aromatic heterocycles. The average Bonchev–Trinajstić information content (AvgIpc) is 2.53. The van der Waals surface area contributed by atoms with Crippen LogP contribution in [0.4, 0.5) is 17.2 Å². The lowest BCUT2D eigenvalue weighted by atomic mass is 10.2. The number of para-hydroxylation sites is 1. The normalized spacial score (nSPS) is 10.6. The molecule has 1 amide bonds. The summed E-state index contributed by atoms with van der Waals surface area (Å²) in [6.45, 7) is 2.86. The molecule has 2 aromatic rings. The van der Waals surface area contributed by atoms with Crippen molar-refractivity contribution >= 4 is 28.9 Å². The van der Waals surface area contributed by atoms with Gasteiger partial charge in [-0.05, 0) is 31.2 Å². The van der Waals surface area contributed by atoms with Crippen LogP contribution in [0.1, 0.15) is 19.5 Å². The first-order valence-electron chi connectivity index (χ1n) is 7.31. The Labute approximate surface area is 139 Å². The SMILES string of the molecule is COc1ccccc1N=Nc1ccc(CC(C)=O)nc1NC(C)=O. The predicted octanol–water partition coefficient (Wildman–Crippen LogP) is 3.60. The minimum atomic E-state index is -0.281. The van der Waals surface area contributed by atoms with Crippen LogP contribution in [0.5, 0.6) is 5.75 Å². The van der Waals surface area contributed by atoms with Crippen LogP contribution in [0.2, 0.25) is 0 Å². The van der Waals surface area contributed by atoms with E-state index in [1.807, 2.05) is 12.1 Å². The molecule has 0 spiro atoms. The minimum absolute atomic E-state index is 0.0142. The minimum Gasteiger partial charge on any atom is -0.494 e. The first-order chi connectivity index (χ1) is 11.5. The number of methoxy groups -OCH3 is 1. The molecule has 0 saturated heterocycles. The number of rotatable bonds is 6. The van der Waals surface area contributed by atoms with Crippen LogP contribution in [-0.2, 0) is 16.0 Å². The maximum absolute atomic E-state index is 11.4. The number of nitrogens with zero attached hydrogens (tertiary/aromatic N) is 3. The maximum Gasteiger partial charge on any atom is 0.222 e. The number of amides is 1. The Balaban J connectivity index is 2.35. The number of pyridine rings is 1. The van der Waals surface area contributed by atoms with Crippen molar-refractivity contribution in [2.24, 2.45) is 10.2 Å². The van der Waals surface area contributed by atoms with Crippen molar-refractivity contribution in [1.82, 2.24) is 4.98 Å². The first-order valence-corrected chi connectivity index (χ1v) is 7.31. The molecule has 1 heterocycles. The lowest BCUT2D eigenvalue weighted by molar-refractivity contribution is -0.116. The lowest BCUT2D eigenvalue weighted by Crippen LogP contribution is -2.09. The molecule has 0 atom stereocenters. The van der Waals surface area contributed by atoms with Crippen molar-refractivity contribution in [3.05, 3.63) is 42.1 Å². The Morgan fingerprint density at radius 1 is 1.08 bits per heavy atom. The van der Waals surface area contributed by atoms with E-state index >= 15 is 0 Å². The fraction of sp³-hybridized carbons (Fsp3) is 0.235. The number of ether oxygens (including phenoxy) is 1. The molecule has 1 aromatic carbocycles. The number of hydrogen-bond acceptors (Lipinski definition) is 6. The molecule has 0 unspecified atom stereocenters. The monoisotopic (exact) mass is 326 g/mol. The van der Waals surface area contributed by atoms with Gasteiger partial charge in [0.2, 0.25) is 5.91 Å². The Kier molecular flexibility index (Phi) is 5.73. The van der Waals surface area contributed by atoms with Gasteiger partial charge in [-0.1, -0.05) is 12.1 Å². The largest absolute Gasteiger partial charge is 0.494 e. The second-order valence-electron chi connectivity index (χ2n) is 5.10. The average molecular weight is 326 g/mol. The highest BCUT2D eigenvalue weighted by Gasteiger charge is 2.09. The molecule has 1 N–H and O–H groups in total. The molecule has 24 heavy (non-hydrogen) atoms. The number of carbonyl (C=O) groups excluding carboxylic acids is 2. The second kappa shape index (κ2) is 7.96. The molecule has 0 radical (unpaired) electrons. The fourth-order valence-electron chi connectivity index (χ4n) is 2.01. The Morgan fingerprint density at radius 2 is 1.79 bits per heavy atom. The number of Topliss-reactive ketones (excluding diaryl/α,β-unsaturated/α-hetero) is 1. The summed E-state index contributed by atoms with van der Waals surface area (Å²) in [5, 5.41) is 10.9. The zero-order chi connectivity index (χ0) is 17.5. The molecule has 7 heteroatoms. The van der Waals surface area contributed by atoms with Gasteiger partial charge in [0.15, 0.2) is 5.82 Å². The van der Waals surface area contributed by atoms with Crippen molar-refractivity contribution < 1.29 is 14.3 Å². The van der Waals surface area contributed by atoms with E-state index in [9.17, 15) is 9.59 Å². The zero-order valence-electron chi connectivity index (χ0n) is 13.7. The summed E-state index contributed by atoms with van der Waals surface area (Å²) in [7, 11) is 1.55. The Morgan fingerprint density at radius 3 is 2.46 bits per heavy atom. The van der Waals surface area contributed by atoms with Gasteiger partial charge >= 0.3 is 0 Å². The molecule has 0 bridgehead atoms. The summed E-state index contributed by atoms with van der Waals surface area (Å²) in [6, 6.07) is 10.5. The summed E-state index contributed by atoms with van der Waals surface area (Å²) < 4.78 is 5.21. The van der Waals surface area contributed by atoms with E-state index in [0.29, 0.717) is 22.8 Å². The third-order valence-electron chi connectivity index (χ3n) is 3.01. The van der Waals surface area contributed by atoms with Crippen LogP contribution in [0.15, 0.2) is 46.6 Å². The fourth-order valence-corrected chi connectivity index (χ4v) is 2.01. The summed E-state index contributed by atoms with van der Waals surface area (Å²) in [5.41, 5.74) is 1.51. The van der Waals surface area contributed by atoms with Crippen molar-refractivity contribution in [2.75, 3.05) is 12.4 Å². The molecule has 0 aliphatic heterocycles. The molecular weight excluding hydrogens is 308 g/mol. The number of aromatic nitrogens is 1. The summed E-state index contributed by atoms with van der Waals surface area (Å²) in [4.78, 5) is 26.9. The van der Waals surface area contributed by atoms with Crippen LogP contribution in [0.3, 0.4) is 0 Å². The Bertz CT molecular complexity index is 787. The zero-order valence-corrected chi connectivity index (χ0v) is 13.7. The number of nitrogens with one attached hydrogen (secondary N) is 1. The number of hydrogen-bond donors (Lipinski definition) is 1.